The number of nitrogens with zero attached hydrogens (tertiary/aromatic N) is 1. The van der Waals surface area contributed by atoms with Crippen molar-refractivity contribution in [1.82, 2.24) is 4.90 Å². The Labute approximate surface area is 215 Å². The summed E-state index contributed by atoms with van der Waals surface area (Å²) >= 11 is 0. The number of ether oxygens (including phenoxy) is 2. The Bertz CT molecular complexity index is 957. The summed E-state index contributed by atoms with van der Waals surface area (Å²) in [7, 11) is 0. The van der Waals surface area contributed by atoms with Crippen LogP contribution in [0.4, 0.5) is 0 Å². The van der Waals surface area contributed by atoms with Gasteiger partial charge in [-0.1, -0.05) is 68.5 Å². The molecule has 0 saturated heterocycles. The van der Waals surface area contributed by atoms with E-state index in [0.717, 1.165) is 11.1 Å². The second kappa shape index (κ2) is 15.6. The number of rotatable bonds is 16. The first-order chi connectivity index (χ1) is 17.4. The Morgan fingerprint density at radius 1 is 0.944 bits per heavy atom. The molecule has 0 unspecified atom stereocenters. The minimum atomic E-state index is -0.350. The average Bonchev–Trinajstić information content (AvgIpc) is 2.89. The Balaban J connectivity index is 2.33. The molecule has 6 heteroatoms. The summed E-state index contributed by atoms with van der Waals surface area (Å²) in [5, 5.41) is 8.98. The first-order valence-electron chi connectivity index (χ1n) is 12.4. The number of hydrogen-bond donors (Lipinski definition) is 1. The van der Waals surface area contributed by atoms with E-state index in [4.69, 9.17) is 14.6 Å². The van der Waals surface area contributed by atoms with Gasteiger partial charge in [-0.05, 0) is 42.5 Å². The number of hydrogen-bond acceptors (Lipinski definition) is 5. The van der Waals surface area contributed by atoms with Crippen molar-refractivity contribution in [2.24, 2.45) is 11.8 Å². The van der Waals surface area contributed by atoms with E-state index in [9.17, 15) is 9.59 Å². The fourth-order valence-electron chi connectivity index (χ4n) is 3.88. The van der Waals surface area contributed by atoms with E-state index >= 15 is 0 Å². The normalized spacial score (nSPS) is 13.2. The first-order valence-corrected chi connectivity index (χ1v) is 12.4. The van der Waals surface area contributed by atoms with Gasteiger partial charge < -0.3 is 19.5 Å². The Hall–Kier alpha value is -3.38. The van der Waals surface area contributed by atoms with Crippen LogP contribution in [0.15, 0.2) is 79.9 Å². The van der Waals surface area contributed by atoms with Crippen LogP contribution in [0.5, 0.6) is 5.75 Å². The third-order valence-corrected chi connectivity index (χ3v) is 5.96. The van der Waals surface area contributed by atoms with E-state index in [-0.39, 0.29) is 49.6 Å². The van der Waals surface area contributed by atoms with Crippen LogP contribution in [0.25, 0.3) is 0 Å². The molecule has 0 aliphatic carbocycles. The van der Waals surface area contributed by atoms with Crippen molar-refractivity contribution < 1.29 is 24.2 Å². The molecular formula is C30H39NO5. The largest absolute Gasteiger partial charge is 0.491 e. The number of carbonyl (C=O) groups is 2. The molecule has 0 saturated carbocycles. The maximum atomic E-state index is 13.6. The number of carbonyl (C=O) groups excluding carboxylic acids is 2. The fourth-order valence-corrected chi connectivity index (χ4v) is 3.88. The lowest BCUT2D eigenvalue weighted by atomic mass is 10.00. The number of esters is 1. The Morgan fingerprint density at radius 2 is 1.58 bits per heavy atom. The van der Waals surface area contributed by atoms with Crippen LogP contribution in [0.2, 0.25) is 0 Å². The van der Waals surface area contributed by atoms with Gasteiger partial charge in [0.25, 0.3) is 0 Å². The molecule has 2 rings (SSSR count). The molecule has 3 atom stereocenters. The average molecular weight is 494 g/mol. The van der Waals surface area contributed by atoms with Crippen molar-refractivity contribution in [1.29, 1.82) is 0 Å². The van der Waals surface area contributed by atoms with E-state index in [1.54, 1.807) is 12.2 Å². The molecule has 6 nitrogen and oxygen atoms in total. The van der Waals surface area contributed by atoms with Crippen molar-refractivity contribution in [3.63, 3.8) is 0 Å². The monoisotopic (exact) mass is 493 g/mol. The zero-order chi connectivity index (χ0) is 26.3. The molecule has 0 radical (unpaired) electrons. The SMILES string of the molecule is C=CC[C@H](C)C(=O)OC[C@H](Cc1ccccc1)N(Cc1ccc(OCCO)cc1)C(=O)[C@@H](C)CC=C. The summed E-state index contributed by atoms with van der Waals surface area (Å²) in [5.74, 6) is -0.230. The first kappa shape index (κ1) is 28.9. The lowest BCUT2D eigenvalue weighted by molar-refractivity contribution is -0.153. The Morgan fingerprint density at radius 3 is 2.19 bits per heavy atom. The van der Waals surface area contributed by atoms with Crippen molar-refractivity contribution in [2.75, 3.05) is 19.8 Å². The molecular weight excluding hydrogens is 454 g/mol. The van der Waals surface area contributed by atoms with Gasteiger partial charge in [0, 0.05) is 12.5 Å². The highest BCUT2D eigenvalue weighted by molar-refractivity contribution is 5.79. The molecule has 0 heterocycles. The smallest absolute Gasteiger partial charge is 0.309 e. The van der Waals surface area contributed by atoms with E-state index in [2.05, 4.69) is 13.2 Å². The third-order valence-electron chi connectivity index (χ3n) is 5.96. The molecule has 0 bridgehead atoms. The van der Waals surface area contributed by atoms with E-state index in [0.29, 0.717) is 31.6 Å². The molecule has 1 N–H and O–H groups in total. The predicted molar refractivity (Wildman–Crippen MR) is 142 cm³/mol. The summed E-state index contributed by atoms with van der Waals surface area (Å²) in [6.07, 6.45) is 5.09. The van der Waals surface area contributed by atoms with Crippen molar-refractivity contribution in [3.05, 3.63) is 91.0 Å². The minimum Gasteiger partial charge on any atom is -0.491 e. The van der Waals surface area contributed by atoms with Gasteiger partial charge in [-0.25, -0.2) is 0 Å². The number of benzene rings is 2. The molecule has 0 fully saturated rings. The quantitative estimate of drug-likeness (QED) is 0.264. The highest BCUT2D eigenvalue weighted by Crippen LogP contribution is 2.21. The van der Waals surface area contributed by atoms with E-state index in [1.165, 1.54) is 0 Å². The number of aliphatic hydroxyl groups excluding tert-OH is 1. The summed E-state index contributed by atoms with van der Waals surface area (Å²) < 4.78 is 11.2. The van der Waals surface area contributed by atoms with Crippen molar-refractivity contribution in [2.45, 2.75) is 45.7 Å². The van der Waals surface area contributed by atoms with Crippen molar-refractivity contribution in [3.8, 4) is 5.75 Å². The predicted octanol–water partition coefficient (Wildman–Crippen LogP) is 4.97. The molecule has 2 aromatic carbocycles. The highest BCUT2D eigenvalue weighted by Gasteiger charge is 2.29. The van der Waals surface area contributed by atoms with Gasteiger partial charge in [-0.3, -0.25) is 9.59 Å². The van der Waals surface area contributed by atoms with E-state index < -0.39 is 0 Å². The van der Waals surface area contributed by atoms with Gasteiger partial charge in [-0.2, -0.15) is 0 Å². The summed E-state index contributed by atoms with van der Waals surface area (Å²) in [6, 6.07) is 17.0. The van der Waals surface area contributed by atoms with Crippen LogP contribution in [0, 0.1) is 11.8 Å². The molecule has 0 spiro atoms. The van der Waals surface area contributed by atoms with Crippen LogP contribution in [-0.4, -0.2) is 47.7 Å². The summed E-state index contributed by atoms with van der Waals surface area (Å²) in [6.45, 7) is 11.8. The molecule has 2 aromatic rings. The van der Waals surface area contributed by atoms with Gasteiger partial charge in [-0.15, -0.1) is 13.2 Å². The topological polar surface area (TPSA) is 76.1 Å². The number of amides is 1. The van der Waals surface area contributed by atoms with Crippen LogP contribution < -0.4 is 4.74 Å². The van der Waals surface area contributed by atoms with Gasteiger partial charge in [0.05, 0.1) is 18.6 Å². The maximum absolute atomic E-state index is 13.6. The van der Waals surface area contributed by atoms with Gasteiger partial charge >= 0.3 is 5.97 Å². The Kier molecular flexibility index (Phi) is 12.5. The molecule has 194 valence electrons. The number of aliphatic hydroxyl groups is 1. The molecule has 1 amide bonds. The van der Waals surface area contributed by atoms with Crippen LogP contribution in [-0.2, 0) is 27.3 Å². The van der Waals surface area contributed by atoms with Gasteiger partial charge in [0.1, 0.15) is 19.0 Å². The standard InChI is InChI=1S/C30H39NO5/c1-5-10-23(3)29(33)31(21-26-14-16-28(17-15-26)35-19-18-32)27(20-25-12-8-7-9-13-25)22-36-30(34)24(4)11-6-2/h5-9,12-17,23-24,27,32H,1-2,10-11,18-22H2,3-4H3/t23-,24-,27-/m0/s1. The maximum Gasteiger partial charge on any atom is 0.309 e. The zero-order valence-electron chi connectivity index (χ0n) is 21.5. The lowest BCUT2D eigenvalue weighted by Gasteiger charge is -2.34. The second-order valence-electron chi connectivity index (χ2n) is 9.01. The molecule has 0 aromatic heterocycles. The summed E-state index contributed by atoms with van der Waals surface area (Å²) in [5.41, 5.74) is 1.98. The van der Waals surface area contributed by atoms with E-state index in [1.807, 2.05) is 73.3 Å². The third kappa shape index (κ3) is 9.34. The van der Waals surface area contributed by atoms with Crippen LogP contribution >= 0.6 is 0 Å². The van der Waals surface area contributed by atoms with Crippen LogP contribution in [0.1, 0.15) is 37.8 Å². The van der Waals surface area contributed by atoms with Gasteiger partial charge in [0.15, 0.2) is 0 Å². The zero-order valence-corrected chi connectivity index (χ0v) is 21.5. The fraction of sp³-hybridized carbons (Fsp3) is 0.400. The minimum absolute atomic E-state index is 0.0216. The lowest BCUT2D eigenvalue weighted by Crippen LogP contribution is -2.46. The molecule has 0 aliphatic rings. The highest BCUT2D eigenvalue weighted by atomic mass is 16.5. The van der Waals surface area contributed by atoms with Gasteiger partial charge in [0.2, 0.25) is 5.91 Å². The summed E-state index contributed by atoms with van der Waals surface area (Å²) in [4.78, 5) is 28.0. The molecule has 36 heavy (non-hydrogen) atoms. The van der Waals surface area contributed by atoms with Crippen molar-refractivity contribution >= 4 is 11.9 Å². The van der Waals surface area contributed by atoms with Crippen LogP contribution in [0.3, 0.4) is 0 Å². The molecule has 0 aliphatic heterocycles. The second-order valence-corrected chi connectivity index (χ2v) is 9.01. The number of allylic oxidation sites excluding steroid dienone is 2.